The average Bonchev–Trinajstić information content (AvgIpc) is 2.51. The van der Waals surface area contributed by atoms with Crippen LogP contribution < -0.4 is 4.90 Å². The molecular weight excluding hydrogens is 276 g/mol. The van der Waals surface area contributed by atoms with Gasteiger partial charge in [-0.25, -0.2) is 0 Å². The third-order valence-electron chi connectivity index (χ3n) is 4.30. The maximum absolute atomic E-state index is 9.98. The fourth-order valence-corrected chi connectivity index (χ4v) is 2.89. The van der Waals surface area contributed by atoms with Gasteiger partial charge in [0.1, 0.15) is 0 Å². The van der Waals surface area contributed by atoms with Crippen LogP contribution in [0.25, 0.3) is 0 Å². The van der Waals surface area contributed by atoms with Crippen molar-refractivity contribution in [1.29, 1.82) is 0 Å². The summed E-state index contributed by atoms with van der Waals surface area (Å²) in [6.07, 6.45) is 1.28. The highest BCUT2D eigenvalue weighted by Crippen LogP contribution is 2.23. The second-order valence-corrected chi connectivity index (χ2v) is 5.99. The third-order valence-corrected chi connectivity index (χ3v) is 4.30. The fraction of sp³-hybridized carbons (Fsp3) is 0.556. The van der Waals surface area contributed by atoms with E-state index in [1.54, 1.807) is 6.08 Å². The monoisotopic (exact) mass is 304 g/mol. The molecule has 0 aromatic heterocycles. The molecule has 4 heteroatoms. The lowest BCUT2D eigenvalue weighted by molar-refractivity contribution is 0.0252. The average molecular weight is 304 g/mol. The summed E-state index contributed by atoms with van der Waals surface area (Å²) in [6, 6.07) is 6.50. The number of benzene rings is 1. The summed E-state index contributed by atoms with van der Waals surface area (Å²) in [7, 11) is 0. The number of ether oxygens (including phenoxy) is 1. The van der Waals surface area contributed by atoms with Gasteiger partial charge in [-0.3, -0.25) is 4.90 Å². The number of nitrogens with zero attached hydrogens (tertiary/aromatic N) is 2. The van der Waals surface area contributed by atoms with Crippen molar-refractivity contribution in [2.45, 2.75) is 20.0 Å². The second-order valence-electron chi connectivity index (χ2n) is 5.99. The number of β-amino-alcohol motifs (C(OH)–C–C–N with tert-alkyl or cyclic N) is 1. The summed E-state index contributed by atoms with van der Waals surface area (Å²) in [5.74, 6) is 0. The Balaban J connectivity index is 1.80. The van der Waals surface area contributed by atoms with Gasteiger partial charge in [-0.2, -0.15) is 0 Å². The Hall–Kier alpha value is -1.36. The van der Waals surface area contributed by atoms with E-state index in [0.717, 1.165) is 26.2 Å². The maximum atomic E-state index is 9.98. The smallest absolute Gasteiger partial charge is 0.0900 e. The third kappa shape index (κ3) is 4.57. The van der Waals surface area contributed by atoms with Crippen LogP contribution in [0.4, 0.5) is 5.69 Å². The van der Waals surface area contributed by atoms with Crippen LogP contribution in [0.1, 0.15) is 11.1 Å². The van der Waals surface area contributed by atoms with Crippen LogP contribution in [0, 0.1) is 13.8 Å². The lowest BCUT2D eigenvalue weighted by Crippen LogP contribution is -2.49. The predicted molar refractivity (Wildman–Crippen MR) is 91.6 cm³/mol. The predicted octanol–water partition coefficient (Wildman–Crippen LogP) is 1.99. The molecule has 0 radical (unpaired) electrons. The number of rotatable bonds is 7. The molecule has 1 aliphatic rings. The van der Waals surface area contributed by atoms with Crippen molar-refractivity contribution in [3.05, 3.63) is 42.0 Å². The molecule has 4 nitrogen and oxygen atoms in total. The zero-order chi connectivity index (χ0) is 15.9. The van der Waals surface area contributed by atoms with E-state index in [2.05, 4.69) is 48.4 Å². The van der Waals surface area contributed by atoms with Crippen molar-refractivity contribution in [3.8, 4) is 0 Å². The van der Waals surface area contributed by atoms with Crippen molar-refractivity contribution in [2.75, 3.05) is 50.8 Å². The molecule has 1 N–H and O–H groups in total. The fourth-order valence-electron chi connectivity index (χ4n) is 2.89. The van der Waals surface area contributed by atoms with Crippen molar-refractivity contribution in [3.63, 3.8) is 0 Å². The van der Waals surface area contributed by atoms with E-state index < -0.39 is 6.10 Å². The second kappa shape index (κ2) is 8.32. The standard InChI is InChI=1S/C18H28N2O2/c1-4-12-22-14-17(21)13-19-8-10-20(11-9-19)18-7-5-6-15(2)16(18)3/h4-7,17,21H,1,8-14H2,2-3H3. The molecule has 1 unspecified atom stereocenters. The normalized spacial score (nSPS) is 17.5. The molecule has 22 heavy (non-hydrogen) atoms. The number of hydrogen-bond donors (Lipinski definition) is 1. The Kier molecular flexibility index (Phi) is 6.43. The van der Waals surface area contributed by atoms with Crippen LogP contribution in [0.15, 0.2) is 30.9 Å². The number of piperazine rings is 1. The van der Waals surface area contributed by atoms with Gasteiger partial charge in [-0.05, 0) is 31.0 Å². The van der Waals surface area contributed by atoms with Crippen molar-refractivity contribution in [2.24, 2.45) is 0 Å². The number of aliphatic hydroxyl groups excluding tert-OH is 1. The minimum atomic E-state index is -0.424. The Morgan fingerprint density at radius 1 is 1.27 bits per heavy atom. The molecule has 1 aromatic rings. The molecule has 0 amide bonds. The molecule has 1 aliphatic heterocycles. The quantitative estimate of drug-likeness (QED) is 0.617. The molecule has 2 rings (SSSR count). The molecule has 0 bridgehead atoms. The molecule has 1 atom stereocenters. The van der Waals surface area contributed by atoms with E-state index in [9.17, 15) is 5.11 Å². The van der Waals surface area contributed by atoms with E-state index in [-0.39, 0.29) is 0 Å². The van der Waals surface area contributed by atoms with Gasteiger partial charge < -0.3 is 14.7 Å². The van der Waals surface area contributed by atoms with Gasteiger partial charge in [0.05, 0.1) is 19.3 Å². The first-order chi connectivity index (χ1) is 10.6. The molecule has 1 saturated heterocycles. The van der Waals surface area contributed by atoms with Crippen molar-refractivity contribution in [1.82, 2.24) is 4.90 Å². The van der Waals surface area contributed by atoms with Crippen LogP contribution in [0.3, 0.4) is 0 Å². The first-order valence-electron chi connectivity index (χ1n) is 8.02. The van der Waals surface area contributed by atoms with Gasteiger partial charge in [-0.1, -0.05) is 18.2 Å². The Bertz CT molecular complexity index is 482. The van der Waals surface area contributed by atoms with Crippen LogP contribution in [-0.4, -0.2) is 62.0 Å². The highest BCUT2D eigenvalue weighted by molar-refractivity contribution is 5.56. The number of aryl methyl sites for hydroxylation is 1. The van der Waals surface area contributed by atoms with Crippen molar-refractivity contribution < 1.29 is 9.84 Å². The zero-order valence-electron chi connectivity index (χ0n) is 13.8. The first-order valence-corrected chi connectivity index (χ1v) is 8.02. The van der Waals surface area contributed by atoms with Gasteiger partial charge >= 0.3 is 0 Å². The van der Waals surface area contributed by atoms with E-state index >= 15 is 0 Å². The van der Waals surface area contributed by atoms with Gasteiger partial charge in [-0.15, -0.1) is 6.58 Å². The van der Waals surface area contributed by atoms with Gasteiger partial charge in [0.15, 0.2) is 0 Å². The number of anilines is 1. The molecule has 122 valence electrons. The Morgan fingerprint density at radius 2 is 2.00 bits per heavy atom. The topological polar surface area (TPSA) is 35.9 Å². The van der Waals surface area contributed by atoms with Crippen LogP contribution in [-0.2, 0) is 4.74 Å². The largest absolute Gasteiger partial charge is 0.389 e. The minimum absolute atomic E-state index is 0.378. The summed E-state index contributed by atoms with van der Waals surface area (Å²) >= 11 is 0. The molecule has 1 fully saturated rings. The Morgan fingerprint density at radius 3 is 2.68 bits per heavy atom. The molecule has 0 saturated carbocycles. The summed E-state index contributed by atoms with van der Waals surface area (Å²) in [5.41, 5.74) is 4.05. The highest BCUT2D eigenvalue weighted by atomic mass is 16.5. The van der Waals surface area contributed by atoms with Gasteiger partial charge in [0, 0.05) is 38.4 Å². The summed E-state index contributed by atoms with van der Waals surface area (Å²) < 4.78 is 5.30. The van der Waals surface area contributed by atoms with Crippen molar-refractivity contribution >= 4 is 5.69 Å². The summed E-state index contributed by atoms with van der Waals surface area (Å²) in [6.45, 7) is 13.5. The van der Waals surface area contributed by atoms with Crippen LogP contribution >= 0.6 is 0 Å². The van der Waals surface area contributed by atoms with Gasteiger partial charge in [0.25, 0.3) is 0 Å². The van der Waals surface area contributed by atoms with Crippen LogP contribution in [0.5, 0.6) is 0 Å². The van der Waals surface area contributed by atoms with Crippen LogP contribution in [0.2, 0.25) is 0 Å². The lowest BCUT2D eigenvalue weighted by Gasteiger charge is -2.37. The van der Waals surface area contributed by atoms with E-state index in [1.807, 2.05) is 0 Å². The SMILES string of the molecule is C=CCOCC(O)CN1CCN(c2cccc(C)c2C)CC1. The molecule has 0 spiro atoms. The molecular formula is C18H28N2O2. The molecule has 0 aliphatic carbocycles. The van der Waals surface area contributed by atoms with E-state index in [0.29, 0.717) is 19.8 Å². The zero-order valence-corrected chi connectivity index (χ0v) is 13.8. The van der Waals surface area contributed by atoms with Gasteiger partial charge in [0.2, 0.25) is 0 Å². The lowest BCUT2D eigenvalue weighted by atomic mass is 10.1. The van der Waals surface area contributed by atoms with E-state index in [1.165, 1.54) is 16.8 Å². The Labute approximate surface area is 134 Å². The summed E-state index contributed by atoms with van der Waals surface area (Å²) in [5, 5.41) is 9.98. The number of hydrogen-bond acceptors (Lipinski definition) is 4. The number of aliphatic hydroxyl groups is 1. The van der Waals surface area contributed by atoms with E-state index in [4.69, 9.17) is 4.74 Å². The first kappa shape index (κ1) is 17.0. The maximum Gasteiger partial charge on any atom is 0.0900 e. The summed E-state index contributed by atoms with van der Waals surface area (Å²) in [4.78, 5) is 4.75. The minimum Gasteiger partial charge on any atom is -0.389 e. The molecule has 1 aromatic carbocycles. The molecule has 1 heterocycles. The highest BCUT2D eigenvalue weighted by Gasteiger charge is 2.20.